The van der Waals surface area contributed by atoms with Gasteiger partial charge in [0, 0.05) is 18.8 Å². The number of hydrogen-bond donors (Lipinski definition) is 2. The van der Waals surface area contributed by atoms with Crippen LogP contribution in [0.1, 0.15) is 5.56 Å². The fourth-order valence-corrected chi connectivity index (χ4v) is 2.69. The van der Waals surface area contributed by atoms with E-state index >= 15 is 0 Å². The lowest BCUT2D eigenvalue weighted by atomic mass is 10.1. The van der Waals surface area contributed by atoms with Gasteiger partial charge in [-0.15, -0.1) is 0 Å². The summed E-state index contributed by atoms with van der Waals surface area (Å²) in [7, 11) is 1.52. The number of carbonyl (C=O) groups is 2. The number of anilines is 1. The SMILES string of the molecule is CNC(=O)COc1cccc(NC(=O)Cn2cnc3c(C)cccc3c2=O)c1. The first-order valence-electron chi connectivity index (χ1n) is 8.66. The van der Waals surface area contributed by atoms with Gasteiger partial charge in [0.05, 0.1) is 17.2 Å². The number of aryl methyl sites for hydroxylation is 1. The molecule has 0 unspecified atom stereocenters. The first-order chi connectivity index (χ1) is 13.5. The average molecular weight is 380 g/mol. The van der Waals surface area contributed by atoms with E-state index in [1.165, 1.54) is 17.9 Å². The Morgan fingerprint density at radius 1 is 1.14 bits per heavy atom. The second kappa shape index (κ2) is 8.34. The van der Waals surface area contributed by atoms with E-state index in [9.17, 15) is 14.4 Å². The number of para-hydroxylation sites is 1. The van der Waals surface area contributed by atoms with Crippen molar-refractivity contribution in [3.05, 3.63) is 64.7 Å². The first kappa shape index (κ1) is 19.1. The van der Waals surface area contributed by atoms with Crippen molar-refractivity contribution in [2.75, 3.05) is 19.0 Å². The molecule has 0 saturated heterocycles. The quantitative estimate of drug-likeness (QED) is 0.674. The van der Waals surface area contributed by atoms with Gasteiger partial charge in [-0.2, -0.15) is 0 Å². The van der Waals surface area contributed by atoms with Gasteiger partial charge in [0.25, 0.3) is 11.5 Å². The monoisotopic (exact) mass is 380 g/mol. The number of aromatic nitrogens is 2. The number of carbonyl (C=O) groups excluding carboxylic acids is 2. The van der Waals surface area contributed by atoms with Crippen molar-refractivity contribution in [2.24, 2.45) is 0 Å². The minimum Gasteiger partial charge on any atom is -0.484 e. The Labute approximate surface area is 161 Å². The van der Waals surface area contributed by atoms with Crippen molar-refractivity contribution in [3.8, 4) is 5.75 Å². The van der Waals surface area contributed by atoms with Crippen LogP contribution in [0.15, 0.2) is 53.6 Å². The molecule has 0 spiro atoms. The van der Waals surface area contributed by atoms with E-state index in [1.807, 2.05) is 13.0 Å². The normalized spacial score (nSPS) is 10.5. The van der Waals surface area contributed by atoms with Crippen molar-refractivity contribution in [1.29, 1.82) is 0 Å². The third-order valence-electron chi connectivity index (χ3n) is 4.14. The van der Waals surface area contributed by atoms with Crippen LogP contribution >= 0.6 is 0 Å². The molecule has 1 heterocycles. The molecule has 0 fully saturated rings. The van der Waals surface area contributed by atoms with Gasteiger partial charge >= 0.3 is 0 Å². The molecular formula is C20H20N4O4. The molecule has 2 amide bonds. The number of amides is 2. The van der Waals surface area contributed by atoms with Crippen LogP contribution in [-0.4, -0.2) is 35.0 Å². The zero-order valence-electron chi connectivity index (χ0n) is 15.6. The number of ether oxygens (including phenoxy) is 1. The number of rotatable bonds is 6. The van der Waals surface area contributed by atoms with Crippen LogP contribution in [0.3, 0.4) is 0 Å². The maximum absolute atomic E-state index is 12.6. The molecule has 3 rings (SSSR count). The molecule has 1 aromatic heterocycles. The number of benzene rings is 2. The van der Waals surface area contributed by atoms with Crippen LogP contribution < -0.4 is 20.9 Å². The third kappa shape index (κ3) is 4.35. The highest BCUT2D eigenvalue weighted by Crippen LogP contribution is 2.17. The lowest BCUT2D eigenvalue weighted by molar-refractivity contribution is -0.122. The molecule has 0 radical (unpaired) electrons. The number of nitrogens with zero attached hydrogens (tertiary/aromatic N) is 2. The molecule has 2 aromatic carbocycles. The standard InChI is InChI=1S/C20H20N4O4/c1-13-5-3-8-16-19(13)22-12-24(20(16)27)10-17(25)23-14-6-4-7-15(9-14)28-11-18(26)21-2/h3-9,12H,10-11H2,1-2H3,(H,21,26)(H,23,25). The molecule has 28 heavy (non-hydrogen) atoms. The van der Waals surface area contributed by atoms with Gasteiger partial charge in [0.15, 0.2) is 6.61 Å². The summed E-state index contributed by atoms with van der Waals surface area (Å²) in [5.74, 6) is -0.186. The molecule has 8 heteroatoms. The van der Waals surface area contributed by atoms with Gasteiger partial charge in [-0.1, -0.05) is 18.2 Å². The Morgan fingerprint density at radius 2 is 1.93 bits per heavy atom. The summed E-state index contributed by atoms with van der Waals surface area (Å²) in [6.07, 6.45) is 1.38. The molecule has 3 aromatic rings. The van der Waals surface area contributed by atoms with Gasteiger partial charge in [0.2, 0.25) is 5.91 Å². The zero-order valence-corrected chi connectivity index (χ0v) is 15.6. The largest absolute Gasteiger partial charge is 0.484 e. The van der Waals surface area contributed by atoms with Gasteiger partial charge in [-0.05, 0) is 30.7 Å². The summed E-state index contributed by atoms with van der Waals surface area (Å²) < 4.78 is 6.62. The lowest BCUT2D eigenvalue weighted by Crippen LogP contribution is -2.28. The Morgan fingerprint density at radius 3 is 2.71 bits per heavy atom. The minimum atomic E-state index is -0.376. The molecular weight excluding hydrogens is 360 g/mol. The van der Waals surface area contributed by atoms with E-state index in [0.29, 0.717) is 22.3 Å². The maximum atomic E-state index is 12.6. The van der Waals surface area contributed by atoms with Gasteiger partial charge in [-0.3, -0.25) is 19.0 Å². The van der Waals surface area contributed by atoms with E-state index in [2.05, 4.69) is 15.6 Å². The molecule has 0 aliphatic rings. The third-order valence-corrected chi connectivity index (χ3v) is 4.14. The fraction of sp³-hybridized carbons (Fsp3) is 0.200. The van der Waals surface area contributed by atoms with Crippen LogP contribution in [0.2, 0.25) is 0 Å². The fourth-order valence-electron chi connectivity index (χ4n) is 2.69. The topological polar surface area (TPSA) is 102 Å². The predicted octanol–water partition coefficient (Wildman–Crippen LogP) is 1.47. The van der Waals surface area contributed by atoms with Gasteiger partial charge in [-0.25, -0.2) is 4.98 Å². The molecule has 144 valence electrons. The molecule has 0 aliphatic heterocycles. The Bertz CT molecular complexity index is 1090. The van der Waals surface area contributed by atoms with Crippen LogP contribution in [0, 0.1) is 6.92 Å². The van der Waals surface area contributed by atoms with Gasteiger partial charge in [0.1, 0.15) is 12.3 Å². The number of hydrogen-bond acceptors (Lipinski definition) is 5. The second-order valence-electron chi connectivity index (χ2n) is 6.19. The number of fused-ring (bicyclic) bond motifs is 1. The highest BCUT2D eigenvalue weighted by Gasteiger charge is 2.10. The van der Waals surface area contributed by atoms with Crippen molar-refractivity contribution in [2.45, 2.75) is 13.5 Å². The van der Waals surface area contributed by atoms with Crippen LogP contribution in [0.25, 0.3) is 10.9 Å². The Hall–Kier alpha value is -3.68. The highest BCUT2D eigenvalue weighted by atomic mass is 16.5. The first-order valence-corrected chi connectivity index (χ1v) is 8.66. The minimum absolute atomic E-state index is 0.120. The zero-order chi connectivity index (χ0) is 20.1. The Balaban J connectivity index is 1.71. The van der Waals surface area contributed by atoms with Crippen molar-refractivity contribution in [3.63, 3.8) is 0 Å². The summed E-state index contributed by atoms with van der Waals surface area (Å²) in [6.45, 7) is 1.59. The summed E-state index contributed by atoms with van der Waals surface area (Å²) in [4.78, 5) is 40.5. The molecule has 8 nitrogen and oxygen atoms in total. The Kier molecular flexibility index (Phi) is 5.69. The smallest absolute Gasteiger partial charge is 0.261 e. The van der Waals surface area contributed by atoms with Crippen LogP contribution in [0.5, 0.6) is 5.75 Å². The van der Waals surface area contributed by atoms with Crippen molar-refractivity contribution >= 4 is 28.4 Å². The van der Waals surface area contributed by atoms with Crippen molar-refractivity contribution < 1.29 is 14.3 Å². The lowest BCUT2D eigenvalue weighted by Gasteiger charge is -2.10. The second-order valence-corrected chi connectivity index (χ2v) is 6.19. The molecule has 0 saturated carbocycles. The molecule has 0 atom stereocenters. The maximum Gasteiger partial charge on any atom is 0.261 e. The summed E-state index contributed by atoms with van der Waals surface area (Å²) in [5, 5.41) is 5.64. The van der Waals surface area contributed by atoms with Crippen LogP contribution in [0.4, 0.5) is 5.69 Å². The van der Waals surface area contributed by atoms with E-state index in [4.69, 9.17) is 4.74 Å². The van der Waals surface area contributed by atoms with Crippen molar-refractivity contribution in [1.82, 2.24) is 14.9 Å². The molecule has 0 bridgehead atoms. The molecule has 2 N–H and O–H groups in total. The number of likely N-dealkylation sites (N-methyl/N-ethyl adjacent to an activating group) is 1. The van der Waals surface area contributed by atoms with E-state index in [1.54, 1.807) is 36.4 Å². The summed E-state index contributed by atoms with van der Waals surface area (Å²) >= 11 is 0. The molecule has 0 aliphatic carbocycles. The number of nitrogens with one attached hydrogen (secondary N) is 2. The predicted molar refractivity (Wildman–Crippen MR) is 105 cm³/mol. The summed E-state index contributed by atoms with van der Waals surface area (Å²) in [6, 6.07) is 12.0. The highest BCUT2D eigenvalue weighted by molar-refractivity contribution is 5.91. The summed E-state index contributed by atoms with van der Waals surface area (Å²) in [5.41, 5.74) is 1.76. The van der Waals surface area contributed by atoms with E-state index < -0.39 is 0 Å². The van der Waals surface area contributed by atoms with E-state index in [0.717, 1.165) is 5.56 Å². The van der Waals surface area contributed by atoms with Gasteiger partial charge < -0.3 is 15.4 Å². The van der Waals surface area contributed by atoms with E-state index in [-0.39, 0.29) is 30.5 Å². The van der Waals surface area contributed by atoms with Crippen LogP contribution in [-0.2, 0) is 16.1 Å². The average Bonchev–Trinajstić information content (AvgIpc) is 2.69.